The molecule has 20 heavy (non-hydrogen) atoms. The van der Waals surface area contributed by atoms with Crippen molar-refractivity contribution in [1.82, 2.24) is 24.6 Å². The summed E-state index contributed by atoms with van der Waals surface area (Å²) >= 11 is 18.1. The van der Waals surface area contributed by atoms with Gasteiger partial charge in [0, 0.05) is 12.4 Å². The van der Waals surface area contributed by atoms with Gasteiger partial charge in [0.2, 0.25) is 0 Å². The average molecular weight is 329 g/mol. The normalized spacial score (nSPS) is 10.9. The van der Waals surface area contributed by atoms with Crippen LogP contribution in [0.4, 0.5) is 0 Å². The molecule has 0 aliphatic carbocycles. The molecule has 0 aliphatic rings. The minimum absolute atomic E-state index is 0.0772. The van der Waals surface area contributed by atoms with Crippen LogP contribution in [0.3, 0.4) is 0 Å². The fourth-order valence-corrected chi connectivity index (χ4v) is 2.36. The van der Waals surface area contributed by atoms with Crippen LogP contribution in [0.15, 0.2) is 18.6 Å². The van der Waals surface area contributed by atoms with Crippen molar-refractivity contribution in [2.75, 3.05) is 0 Å². The van der Waals surface area contributed by atoms with E-state index in [1.165, 1.54) is 23.1 Å². The number of halogens is 3. The summed E-state index contributed by atoms with van der Waals surface area (Å²) in [5, 5.41) is 4.61. The lowest BCUT2D eigenvalue weighted by Gasteiger charge is -2.06. The van der Waals surface area contributed by atoms with Gasteiger partial charge >= 0.3 is 0 Å². The predicted molar refractivity (Wildman–Crippen MR) is 74.4 cm³/mol. The van der Waals surface area contributed by atoms with Crippen molar-refractivity contribution in [3.8, 4) is 11.4 Å². The van der Waals surface area contributed by atoms with E-state index in [2.05, 4.69) is 20.1 Å². The van der Waals surface area contributed by atoms with Crippen molar-refractivity contribution in [2.45, 2.75) is 0 Å². The lowest BCUT2D eigenvalue weighted by Crippen LogP contribution is -2.00. The molecule has 0 aromatic carbocycles. The second kappa shape index (κ2) is 4.97. The van der Waals surface area contributed by atoms with E-state index < -0.39 is 0 Å². The van der Waals surface area contributed by atoms with Gasteiger partial charge < -0.3 is 0 Å². The zero-order valence-corrected chi connectivity index (χ0v) is 11.9. The molecule has 0 atom stereocenters. The molecule has 3 aromatic heterocycles. The van der Waals surface area contributed by atoms with Crippen LogP contribution in [0.1, 0.15) is 10.4 Å². The van der Waals surface area contributed by atoms with Crippen LogP contribution in [-0.4, -0.2) is 30.9 Å². The van der Waals surface area contributed by atoms with Gasteiger partial charge in [-0.25, -0.2) is 19.5 Å². The maximum atomic E-state index is 10.9. The molecule has 9 heteroatoms. The number of aldehydes is 1. The van der Waals surface area contributed by atoms with Crippen LogP contribution >= 0.6 is 34.8 Å². The third-order valence-electron chi connectivity index (χ3n) is 2.54. The topological polar surface area (TPSA) is 73.0 Å². The predicted octanol–water partition coefficient (Wildman–Crippen LogP) is 2.96. The van der Waals surface area contributed by atoms with Gasteiger partial charge in [-0.2, -0.15) is 5.10 Å². The molecule has 3 aromatic rings. The number of hydrogen-bond donors (Lipinski definition) is 0. The minimum atomic E-state index is 0.0772. The molecule has 0 saturated carbocycles. The third-order valence-corrected chi connectivity index (χ3v) is 3.36. The van der Waals surface area contributed by atoms with Crippen molar-refractivity contribution in [3.05, 3.63) is 39.5 Å². The lowest BCUT2D eigenvalue weighted by atomic mass is 10.3. The molecule has 3 heterocycles. The maximum Gasteiger partial charge on any atom is 0.168 e. The Labute approximate surface area is 127 Å². The highest BCUT2D eigenvalue weighted by molar-refractivity contribution is 6.38. The van der Waals surface area contributed by atoms with E-state index in [4.69, 9.17) is 34.8 Å². The number of rotatable bonds is 2. The molecule has 0 bridgehead atoms. The summed E-state index contributed by atoms with van der Waals surface area (Å²) in [5.74, 6) is 0.266. The minimum Gasteiger partial charge on any atom is -0.298 e. The monoisotopic (exact) mass is 327 g/mol. The number of carbonyl (C=O) groups is 1. The van der Waals surface area contributed by atoms with E-state index in [0.29, 0.717) is 16.9 Å². The van der Waals surface area contributed by atoms with E-state index in [-0.39, 0.29) is 27.3 Å². The first-order valence-electron chi connectivity index (χ1n) is 5.27. The van der Waals surface area contributed by atoms with Gasteiger partial charge in [-0.1, -0.05) is 34.8 Å². The quantitative estimate of drug-likeness (QED) is 0.534. The highest BCUT2D eigenvalue weighted by atomic mass is 35.5. The van der Waals surface area contributed by atoms with Gasteiger partial charge in [-0.15, -0.1) is 0 Å². The Morgan fingerprint density at radius 2 is 1.80 bits per heavy atom. The summed E-state index contributed by atoms with van der Waals surface area (Å²) in [6.45, 7) is 0. The zero-order valence-electron chi connectivity index (χ0n) is 9.59. The molecule has 0 unspecified atom stereocenters. The Morgan fingerprint density at radius 1 is 1.10 bits per heavy atom. The van der Waals surface area contributed by atoms with Crippen LogP contribution in [0.5, 0.6) is 0 Å². The van der Waals surface area contributed by atoms with Gasteiger partial charge in [0.25, 0.3) is 0 Å². The molecule has 0 fully saturated rings. The van der Waals surface area contributed by atoms with Gasteiger partial charge in [0.15, 0.2) is 17.8 Å². The smallest absolute Gasteiger partial charge is 0.168 e. The van der Waals surface area contributed by atoms with Gasteiger partial charge in [0.05, 0.1) is 22.3 Å². The fraction of sp³-hybridized carbons (Fsp3) is 0. The van der Waals surface area contributed by atoms with E-state index in [9.17, 15) is 4.79 Å². The summed E-state index contributed by atoms with van der Waals surface area (Å²) in [7, 11) is 0. The van der Waals surface area contributed by atoms with E-state index in [1.54, 1.807) is 0 Å². The Balaban J connectivity index is 2.31. The standard InChI is InChI=1S/C11H4Cl3N5O/c12-6-2-15-10(16-3-6)7-8(13)18-11-5(4-20)1-17-19(11)9(7)14/h1-4H. The van der Waals surface area contributed by atoms with Gasteiger partial charge in [-0.3, -0.25) is 4.79 Å². The van der Waals surface area contributed by atoms with Crippen molar-refractivity contribution in [3.63, 3.8) is 0 Å². The van der Waals surface area contributed by atoms with E-state index in [0.717, 1.165) is 0 Å². The van der Waals surface area contributed by atoms with Crippen LogP contribution in [0.2, 0.25) is 15.3 Å². The molecule has 0 spiro atoms. The summed E-state index contributed by atoms with van der Waals surface area (Å²) in [4.78, 5) is 23.1. The largest absolute Gasteiger partial charge is 0.298 e. The molecule has 0 saturated heterocycles. The second-order valence-corrected chi connectivity index (χ2v) is 4.90. The van der Waals surface area contributed by atoms with E-state index in [1.807, 2.05) is 0 Å². The first-order valence-corrected chi connectivity index (χ1v) is 6.41. The summed E-state index contributed by atoms with van der Waals surface area (Å²) in [6.07, 6.45) is 4.81. The Kier molecular flexibility index (Phi) is 3.29. The molecule has 0 radical (unpaired) electrons. The van der Waals surface area contributed by atoms with Crippen molar-refractivity contribution >= 4 is 46.7 Å². The summed E-state index contributed by atoms with van der Waals surface area (Å²) in [6, 6.07) is 0. The number of fused-ring (bicyclic) bond motifs is 1. The number of nitrogens with zero attached hydrogens (tertiary/aromatic N) is 5. The molecule has 100 valence electrons. The molecular weight excluding hydrogens is 325 g/mol. The molecule has 3 rings (SSSR count). The Morgan fingerprint density at radius 3 is 2.45 bits per heavy atom. The van der Waals surface area contributed by atoms with Gasteiger partial charge in [0.1, 0.15) is 10.3 Å². The highest BCUT2D eigenvalue weighted by Gasteiger charge is 2.19. The Bertz CT molecular complexity index is 815. The molecule has 0 amide bonds. The molecule has 6 nitrogen and oxygen atoms in total. The van der Waals surface area contributed by atoms with Crippen LogP contribution in [-0.2, 0) is 0 Å². The van der Waals surface area contributed by atoms with Crippen molar-refractivity contribution in [2.24, 2.45) is 0 Å². The number of carbonyl (C=O) groups excluding carboxylic acids is 1. The van der Waals surface area contributed by atoms with Crippen LogP contribution < -0.4 is 0 Å². The fourth-order valence-electron chi connectivity index (χ4n) is 1.66. The highest BCUT2D eigenvalue weighted by Crippen LogP contribution is 2.32. The maximum absolute atomic E-state index is 10.9. The Hall–Kier alpha value is -1.76. The van der Waals surface area contributed by atoms with E-state index >= 15 is 0 Å². The summed E-state index contributed by atoms with van der Waals surface area (Å²) < 4.78 is 1.30. The first-order chi connectivity index (χ1) is 9.61. The van der Waals surface area contributed by atoms with Gasteiger partial charge in [-0.05, 0) is 0 Å². The lowest BCUT2D eigenvalue weighted by molar-refractivity contribution is 0.112. The SMILES string of the molecule is O=Cc1cnn2c(Cl)c(-c3ncc(Cl)cn3)c(Cl)nc12. The molecule has 0 N–H and O–H groups in total. The van der Waals surface area contributed by atoms with Crippen molar-refractivity contribution < 1.29 is 4.79 Å². The van der Waals surface area contributed by atoms with Crippen molar-refractivity contribution in [1.29, 1.82) is 0 Å². The van der Waals surface area contributed by atoms with Crippen LogP contribution in [0, 0.1) is 0 Å². The molecular formula is C11H4Cl3N5O. The zero-order chi connectivity index (χ0) is 14.3. The number of hydrogen-bond acceptors (Lipinski definition) is 5. The first kappa shape index (κ1) is 13.2. The molecule has 0 aliphatic heterocycles. The average Bonchev–Trinajstić information content (AvgIpc) is 2.84. The van der Waals surface area contributed by atoms with Crippen LogP contribution in [0.25, 0.3) is 17.0 Å². The summed E-state index contributed by atoms with van der Waals surface area (Å²) in [5.41, 5.74) is 0.878. The third kappa shape index (κ3) is 2.02. The second-order valence-electron chi connectivity index (χ2n) is 3.75. The number of aromatic nitrogens is 5.